The van der Waals surface area contributed by atoms with Crippen molar-refractivity contribution >= 4 is 56.3 Å². The maximum atomic E-state index is 6.68. The molecule has 0 amide bonds. The van der Waals surface area contributed by atoms with Crippen LogP contribution >= 0.6 is 27.5 Å². The highest BCUT2D eigenvalue weighted by Crippen LogP contribution is 2.49. The highest BCUT2D eigenvalue weighted by atomic mass is 79.9. The second-order valence-electron chi connectivity index (χ2n) is 9.03. The number of nitrogens with zero attached hydrogens (tertiary/aromatic N) is 6. The summed E-state index contributed by atoms with van der Waals surface area (Å²) in [6, 6.07) is 8.39. The minimum atomic E-state index is -0.165. The van der Waals surface area contributed by atoms with Crippen LogP contribution in [0.2, 0.25) is 5.15 Å². The molecule has 2 N–H and O–H groups in total. The molecule has 2 aromatic heterocycles. The lowest BCUT2D eigenvalue weighted by molar-refractivity contribution is 0.580. The van der Waals surface area contributed by atoms with Crippen LogP contribution < -0.4 is 20.4 Å². The van der Waals surface area contributed by atoms with Gasteiger partial charge in [0, 0.05) is 43.7 Å². The summed E-state index contributed by atoms with van der Waals surface area (Å²) in [5.41, 5.74) is 2.33. The molecule has 172 valence electrons. The summed E-state index contributed by atoms with van der Waals surface area (Å²) in [5.74, 6) is 2.15. The molecule has 3 aromatic rings. The van der Waals surface area contributed by atoms with Crippen molar-refractivity contribution < 1.29 is 0 Å². The fourth-order valence-corrected chi connectivity index (χ4v) is 5.33. The first-order valence-electron chi connectivity index (χ1n) is 11.6. The van der Waals surface area contributed by atoms with Crippen molar-refractivity contribution in [2.24, 2.45) is 0 Å². The van der Waals surface area contributed by atoms with E-state index in [-0.39, 0.29) is 5.54 Å². The third-order valence-electron chi connectivity index (χ3n) is 6.75. The summed E-state index contributed by atoms with van der Waals surface area (Å²) in [7, 11) is 0. The number of fused-ring (bicyclic) bond motifs is 1. The van der Waals surface area contributed by atoms with Gasteiger partial charge in [0.1, 0.15) is 0 Å². The SMILES string of the molecule is Clc1nc2c(N3CCCC3)nc(N3CCNCC3)nc2nc1NC1(c2cccc(Br)c2)CC1. The molecule has 3 fully saturated rings. The van der Waals surface area contributed by atoms with Gasteiger partial charge in [-0.15, -0.1) is 0 Å². The Balaban J connectivity index is 1.41. The molecule has 1 saturated carbocycles. The van der Waals surface area contributed by atoms with Gasteiger partial charge in [-0.3, -0.25) is 0 Å². The van der Waals surface area contributed by atoms with E-state index in [1.54, 1.807) is 0 Å². The summed E-state index contributed by atoms with van der Waals surface area (Å²) < 4.78 is 1.06. The monoisotopic (exact) mass is 528 g/mol. The molecule has 0 spiro atoms. The lowest BCUT2D eigenvalue weighted by atomic mass is 10.1. The molecule has 2 aliphatic heterocycles. The van der Waals surface area contributed by atoms with Gasteiger partial charge in [-0.25, -0.2) is 9.97 Å². The van der Waals surface area contributed by atoms with Crippen LogP contribution in [-0.4, -0.2) is 59.2 Å². The Morgan fingerprint density at radius 2 is 1.76 bits per heavy atom. The van der Waals surface area contributed by atoms with Crippen molar-refractivity contribution in [2.45, 2.75) is 31.2 Å². The van der Waals surface area contributed by atoms with Crippen LogP contribution in [0.3, 0.4) is 0 Å². The van der Waals surface area contributed by atoms with Crippen LogP contribution in [-0.2, 0) is 5.54 Å². The molecule has 0 bridgehead atoms. The van der Waals surface area contributed by atoms with Crippen LogP contribution in [0.25, 0.3) is 11.2 Å². The quantitative estimate of drug-likeness (QED) is 0.514. The summed E-state index contributed by atoms with van der Waals surface area (Å²) >= 11 is 10.3. The van der Waals surface area contributed by atoms with Crippen LogP contribution in [0.1, 0.15) is 31.2 Å². The predicted molar refractivity (Wildman–Crippen MR) is 135 cm³/mol. The fraction of sp³-hybridized carbons (Fsp3) is 0.478. The number of hydrogen-bond acceptors (Lipinski definition) is 8. The van der Waals surface area contributed by atoms with Crippen LogP contribution in [0.15, 0.2) is 28.7 Å². The molecule has 0 radical (unpaired) electrons. The first kappa shape index (κ1) is 21.3. The number of piperazine rings is 1. The zero-order valence-electron chi connectivity index (χ0n) is 18.3. The lowest BCUT2D eigenvalue weighted by Crippen LogP contribution is -2.44. The number of benzene rings is 1. The summed E-state index contributed by atoms with van der Waals surface area (Å²) in [6.45, 7) is 5.55. The van der Waals surface area contributed by atoms with E-state index in [2.05, 4.69) is 54.6 Å². The van der Waals surface area contributed by atoms with Gasteiger partial charge < -0.3 is 20.4 Å². The molecule has 0 unspecified atom stereocenters. The summed E-state index contributed by atoms with van der Waals surface area (Å²) in [5, 5.41) is 7.35. The number of rotatable bonds is 5. The predicted octanol–water partition coefficient (Wildman–Crippen LogP) is 3.95. The van der Waals surface area contributed by atoms with Crippen molar-refractivity contribution in [1.82, 2.24) is 25.3 Å². The molecule has 33 heavy (non-hydrogen) atoms. The molecular weight excluding hydrogens is 504 g/mol. The summed E-state index contributed by atoms with van der Waals surface area (Å²) in [4.78, 5) is 24.0. The van der Waals surface area contributed by atoms with E-state index in [9.17, 15) is 0 Å². The van der Waals surface area contributed by atoms with Crippen molar-refractivity contribution in [2.75, 3.05) is 54.4 Å². The largest absolute Gasteiger partial charge is 0.358 e. The minimum absolute atomic E-state index is 0.165. The van der Waals surface area contributed by atoms with Gasteiger partial charge in [0.15, 0.2) is 28.0 Å². The third kappa shape index (κ3) is 4.11. The molecule has 0 atom stereocenters. The minimum Gasteiger partial charge on any atom is -0.358 e. The zero-order chi connectivity index (χ0) is 22.4. The van der Waals surface area contributed by atoms with Crippen LogP contribution in [0.5, 0.6) is 0 Å². The zero-order valence-corrected chi connectivity index (χ0v) is 20.7. The van der Waals surface area contributed by atoms with E-state index in [0.29, 0.717) is 22.1 Å². The van der Waals surface area contributed by atoms with E-state index >= 15 is 0 Å². The number of aromatic nitrogens is 4. The fourth-order valence-electron chi connectivity index (χ4n) is 4.76. The Morgan fingerprint density at radius 3 is 2.48 bits per heavy atom. The molecule has 1 aromatic carbocycles. The van der Waals surface area contributed by atoms with Crippen molar-refractivity contribution in [3.8, 4) is 0 Å². The molecule has 3 aliphatic rings. The lowest BCUT2D eigenvalue weighted by Gasteiger charge is -2.28. The number of anilines is 3. The normalized spacial score (nSPS) is 19.8. The van der Waals surface area contributed by atoms with E-state index in [0.717, 1.165) is 81.2 Å². The first-order chi connectivity index (χ1) is 16.1. The van der Waals surface area contributed by atoms with Crippen molar-refractivity contribution in [3.05, 3.63) is 39.5 Å². The van der Waals surface area contributed by atoms with Gasteiger partial charge in [0.25, 0.3) is 0 Å². The maximum Gasteiger partial charge on any atom is 0.229 e. The van der Waals surface area contributed by atoms with Gasteiger partial charge in [-0.05, 0) is 43.4 Å². The Bertz CT molecular complexity index is 1190. The first-order valence-corrected chi connectivity index (χ1v) is 12.8. The Morgan fingerprint density at radius 1 is 0.970 bits per heavy atom. The van der Waals surface area contributed by atoms with Crippen molar-refractivity contribution in [1.29, 1.82) is 0 Å². The molecule has 10 heteroatoms. The molecule has 8 nitrogen and oxygen atoms in total. The Kier molecular flexibility index (Phi) is 5.50. The molecule has 4 heterocycles. The Labute approximate surface area is 206 Å². The smallest absolute Gasteiger partial charge is 0.229 e. The van der Waals surface area contributed by atoms with Crippen molar-refractivity contribution in [3.63, 3.8) is 0 Å². The number of halogens is 2. The van der Waals surface area contributed by atoms with Gasteiger partial charge in [0.2, 0.25) is 5.95 Å². The maximum absolute atomic E-state index is 6.68. The number of hydrogen-bond donors (Lipinski definition) is 2. The van der Waals surface area contributed by atoms with Gasteiger partial charge in [0.05, 0.1) is 5.54 Å². The average molecular weight is 530 g/mol. The third-order valence-corrected chi connectivity index (χ3v) is 7.51. The standard InChI is InChI=1S/C23H26BrClN8/c24-16-5-3-4-15(14-16)23(6-7-23)31-20-18(25)27-17-19(28-20)29-22(33-12-8-26-9-13-33)30-21(17)32-10-1-2-11-32/h3-5,14,26H,1-2,6-13H2,(H,28,29,30,31). The molecule has 2 saturated heterocycles. The molecule has 6 rings (SSSR count). The van der Waals surface area contributed by atoms with Gasteiger partial charge in [-0.1, -0.05) is 39.7 Å². The molecular formula is C23H26BrClN8. The van der Waals surface area contributed by atoms with Crippen LogP contribution in [0, 0.1) is 0 Å². The van der Waals surface area contributed by atoms with E-state index < -0.39 is 0 Å². The number of nitrogens with one attached hydrogen (secondary N) is 2. The summed E-state index contributed by atoms with van der Waals surface area (Å²) in [6.07, 6.45) is 4.36. The molecule has 1 aliphatic carbocycles. The topological polar surface area (TPSA) is 82.1 Å². The van der Waals surface area contributed by atoms with E-state index in [1.165, 1.54) is 5.56 Å². The van der Waals surface area contributed by atoms with E-state index in [1.807, 2.05) is 6.07 Å². The highest BCUT2D eigenvalue weighted by molar-refractivity contribution is 9.10. The van der Waals surface area contributed by atoms with Gasteiger partial charge >= 0.3 is 0 Å². The average Bonchev–Trinajstić information content (AvgIpc) is 3.41. The second kappa shape index (κ2) is 8.52. The van der Waals surface area contributed by atoms with E-state index in [4.69, 9.17) is 31.5 Å². The Hall–Kier alpha value is -2.23. The highest BCUT2D eigenvalue weighted by Gasteiger charge is 2.45. The second-order valence-corrected chi connectivity index (χ2v) is 10.3. The van der Waals surface area contributed by atoms with Crippen LogP contribution in [0.4, 0.5) is 17.6 Å². The van der Waals surface area contributed by atoms with Gasteiger partial charge in [-0.2, -0.15) is 9.97 Å².